The van der Waals surface area contributed by atoms with Crippen LogP contribution in [0.5, 0.6) is 0 Å². The number of hydrogen-bond donors (Lipinski definition) is 2. The van der Waals surface area contributed by atoms with Gasteiger partial charge in [-0.25, -0.2) is 4.39 Å². The quantitative estimate of drug-likeness (QED) is 0.695. The Labute approximate surface area is 157 Å². The number of benzene rings is 3. The Kier molecular flexibility index (Phi) is 5.94. The lowest BCUT2D eigenvalue weighted by Crippen LogP contribution is -2.26. The second-order valence-corrected chi connectivity index (χ2v) is 5.99. The third kappa shape index (κ3) is 5.01. The van der Waals surface area contributed by atoms with Crippen molar-refractivity contribution in [2.24, 2.45) is 0 Å². The van der Waals surface area contributed by atoms with Crippen molar-refractivity contribution in [2.45, 2.75) is 6.42 Å². The third-order valence-electron chi connectivity index (χ3n) is 4.08. The van der Waals surface area contributed by atoms with Crippen molar-refractivity contribution in [3.8, 4) is 0 Å². The first-order valence-electron chi connectivity index (χ1n) is 8.61. The van der Waals surface area contributed by atoms with Crippen molar-refractivity contribution >= 4 is 17.5 Å². The van der Waals surface area contributed by atoms with Crippen molar-refractivity contribution in [2.75, 3.05) is 11.9 Å². The van der Waals surface area contributed by atoms with E-state index in [0.717, 1.165) is 0 Å². The number of carbonyl (C=O) groups excluding carboxylic acids is 2. The molecular weight excluding hydrogens is 343 g/mol. The van der Waals surface area contributed by atoms with E-state index in [1.807, 2.05) is 18.2 Å². The molecule has 0 bridgehead atoms. The number of hydrogen-bond acceptors (Lipinski definition) is 2. The Morgan fingerprint density at radius 2 is 1.33 bits per heavy atom. The zero-order valence-corrected chi connectivity index (χ0v) is 14.6. The number of para-hydroxylation sites is 1. The summed E-state index contributed by atoms with van der Waals surface area (Å²) in [4.78, 5) is 24.4. The summed E-state index contributed by atoms with van der Waals surface area (Å²) < 4.78 is 13.6. The molecular formula is C22H19FN2O2. The van der Waals surface area contributed by atoms with E-state index in [1.165, 1.54) is 6.07 Å². The minimum absolute atomic E-state index is 0.243. The fourth-order valence-corrected chi connectivity index (χ4v) is 2.61. The van der Waals surface area contributed by atoms with Gasteiger partial charge in [-0.15, -0.1) is 0 Å². The molecule has 2 N–H and O–H groups in total. The van der Waals surface area contributed by atoms with Crippen molar-refractivity contribution in [3.05, 3.63) is 101 Å². The van der Waals surface area contributed by atoms with E-state index < -0.39 is 0 Å². The normalized spacial score (nSPS) is 10.3. The molecule has 3 aromatic rings. The Balaban J connectivity index is 1.54. The molecule has 0 saturated carbocycles. The van der Waals surface area contributed by atoms with E-state index in [0.29, 0.717) is 35.3 Å². The van der Waals surface area contributed by atoms with Gasteiger partial charge in [-0.3, -0.25) is 9.59 Å². The molecule has 0 atom stereocenters. The van der Waals surface area contributed by atoms with E-state index in [4.69, 9.17) is 0 Å². The van der Waals surface area contributed by atoms with Crippen LogP contribution in [0.25, 0.3) is 0 Å². The first-order valence-corrected chi connectivity index (χ1v) is 8.61. The Bertz CT molecular complexity index is 925. The second-order valence-electron chi connectivity index (χ2n) is 5.99. The highest BCUT2D eigenvalue weighted by Crippen LogP contribution is 2.10. The van der Waals surface area contributed by atoms with Gasteiger partial charge >= 0.3 is 0 Å². The van der Waals surface area contributed by atoms with Crippen molar-refractivity contribution in [1.29, 1.82) is 0 Å². The lowest BCUT2D eigenvalue weighted by atomic mass is 10.1. The van der Waals surface area contributed by atoms with Gasteiger partial charge in [0, 0.05) is 23.4 Å². The van der Waals surface area contributed by atoms with Gasteiger partial charge in [0.1, 0.15) is 5.82 Å². The van der Waals surface area contributed by atoms with E-state index in [2.05, 4.69) is 10.6 Å². The molecule has 0 spiro atoms. The van der Waals surface area contributed by atoms with E-state index in [-0.39, 0.29) is 17.6 Å². The van der Waals surface area contributed by atoms with Crippen LogP contribution in [-0.2, 0) is 6.42 Å². The second kappa shape index (κ2) is 8.76. The molecule has 0 unspecified atom stereocenters. The molecule has 0 aliphatic carbocycles. The van der Waals surface area contributed by atoms with Crippen LogP contribution in [0.3, 0.4) is 0 Å². The lowest BCUT2D eigenvalue weighted by molar-refractivity contribution is 0.0952. The molecule has 3 aromatic carbocycles. The van der Waals surface area contributed by atoms with Crippen LogP contribution >= 0.6 is 0 Å². The maximum atomic E-state index is 13.6. The van der Waals surface area contributed by atoms with Gasteiger partial charge in [0.2, 0.25) is 0 Å². The third-order valence-corrected chi connectivity index (χ3v) is 4.08. The number of carbonyl (C=O) groups is 2. The minimum Gasteiger partial charge on any atom is -0.352 e. The summed E-state index contributed by atoms with van der Waals surface area (Å²) in [5.74, 6) is -0.783. The highest BCUT2D eigenvalue weighted by Gasteiger charge is 2.09. The summed E-state index contributed by atoms with van der Waals surface area (Å²) >= 11 is 0. The van der Waals surface area contributed by atoms with Crippen LogP contribution in [0.1, 0.15) is 26.3 Å². The fourth-order valence-electron chi connectivity index (χ4n) is 2.61. The molecule has 136 valence electrons. The highest BCUT2D eigenvalue weighted by atomic mass is 19.1. The lowest BCUT2D eigenvalue weighted by Gasteiger charge is -2.08. The van der Waals surface area contributed by atoms with Crippen molar-refractivity contribution in [1.82, 2.24) is 5.32 Å². The zero-order valence-electron chi connectivity index (χ0n) is 14.6. The smallest absolute Gasteiger partial charge is 0.255 e. The highest BCUT2D eigenvalue weighted by molar-refractivity contribution is 6.05. The monoisotopic (exact) mass is 362 g/mol. The maximum absolute atomic E-state index is 13.6. The average Bonchev–Trinajstić information content (AvgIpc) is 2.70. The van der Waals surface area contributed by atoms with Gasteiger partial charge < -0.3 is 10.6 Å². The SMILES string of the molecule is O=C(NCCc1ccccc1F)c1ccc(C(=O)Nc2ccccc2)cc1. The molecule has 0 radical (unpaired) electrons. The van der Waals surface area contributed by atoms with Crippen LogP contribution in [0.2, 0.25) is 0 Å². The summed E-state index contributed by atoms with van der Waals surface area (Å²) in [6.45, 7) is 0.329. The summed E-state index contributed by atoms with van der Waals surface area (Å²) in [6, 6.07) is 22.0. The van der Waals surface area contributed by atoms with Crippen LogP contribution < -0.4 is 10.6 Å². The van der Waals surface area contributed by atoms with Crippen molar-refractivity contribution < 1.29 is 14.0 Å². The van der Waals surface area contributed by atoms with E-state index >= 15 is 0 Å². The molecule has 2 amide bonds. The number of rotatable bonds is 6. The number of halogens is 1. The number of anilines is 1. The van der Waals surface area contributed by atoms with Crippen LogP contribution in [0.4, 0.5) is 10.1 Å². The zero-order chi connectivity index (χ0) is 19.1. The summed E-state index contributed by atoms with van der Waals surface area (Å²) in [6.07, 6.45) is 0.413. The predicted octanol–water partition coefficient (Wildman–Crippen LogP) is 4.05. The largest absolute Gasteiger partial charge is 0.352 e. The van der Waals surface area contributed by atoms with Gasteiger partial charge in [-0.1, -0.05) is 36.4 Å². The molecule has 0 aromatic heterocycles. The minimum atomic E-state index is -0.277. The summed E-state index contributed by atoms with van der Waals surface area (Å²) in [7, 11) is 0. The molecule has 3 rings (SSSR count). The summed E-state index contributed by atoms with van der Waals surface area (Å²) in [5.41, 5.74) is 2.17. The fraction of sp³-hybridized carbons (Fsp3) is 0.0909. The predicted molar refractivity (Wildman–Crippen MR) is 103 cm³/mol. The Morgan fingerprint density at radius 3 is 2.00 bits per heavy atom. The first-order chi connectivity index (χ1) is 13.1. The van der Waals surface area contributed by atoms with E-state index in [9.17, 15) is 14.0 Å². The molecule has 5 heteroatoms. The molecule has 0 aliphatic heterocycles. The van der Waals surface area contributed by atoms with Crippen molar-refractivity contribution in [3.63, 3.8) is 0 Å². The van der Waals surface area contributed by atoms with Gasteiger partial charge in [0.05, 0.1) is 0 Å². The first kappa shape index (κ1) is 18.3. The van der Waals surface area contributed by atoms with Crippen LogP contribution in [-0.4, -0.2) is 18.4 Å². The van der Waals surface area contributed by atoms with Gasteiger partial charge in [0.15, 0.2) is 0 Å². The van der Waals surface area contributed by atoms with Gasteiger partial charge in [0.25, 0.3) is 11.8 Å². The number of nitrogens with one attached hydrogen (secondary N) is 2. The topological polar surface area (TPSA) is 58.2 Å². The molecule has 0 saturated heterocycles. The molecule has 27 heavy (non-hydrogen) atoms. The van der Waals surface area contributed by atoms with Crippen LogP contribution in [0, 0.1) is 5.82 Å². The van der Waals surface area contributed by atoms with Crippen LogP contribution in [0.15, 0.2) is 78.9 Å². The molecule has 0 fully saturated rings. The Morgan fingerprint density at radius 1 is 0.741 bits per heavy atom. The van der Waals surface area contributed by atoms with Gasteiger partial charge in [-0.2, -0.15) is 0 Å². The molecule has 0 aliphatic rings. The van der Waals surface area contributed by atoms with Gasteiger partial charge in [-0.05, 0) is 54.4 Å². The molecule has 0 heterocycles. The number of amides is 2. The average molecular weight is 362 g/mol. The molecule has 4 nitrogen and oxygen atoms in total. The maximum Gasteiger partial charge on any atom is 0.255 e. The standard InChI is InChI=1S/C22H19FN2O2/c23-20-9-5-4-6-16(20)14-15-24-21(26)17-10-12-18(13-11-17)22(27)25-19-7-2-1-3-8-19/h1-13H,14-15H2,(H,24,26)(H,25,27). The summed E-state index contributed by atoms with van der Waals surface area (Å²) in [5, 5.41) is 5.55. The Hall–Kier alpha value is -3.47. The van der Waals surface area contributed by atoms with E-state index in [1.54, 1.807) is 54.6 Å².